The summed E-state index contributed by atoms with van der Waals surface area (Å²) in [6.45, 7) is 6.45. The van der Waals surface area contributed by atoms with Crippen LogP contribution in [0, 0.1) is 0 Å². The number of para-hydroxylation sites is 1. The van der Waals surface area contributed by atoms with Crippen molar-refractivity contribution in [2.45, 2.75) is 24.9 Å². The van der Waals surface area contributed by atoms with Crippen molar-refractivity contribution in [1.29, 1.82) is 0 Å². The number of hydrogen-bond donors (Lipinski definition) is 2. The van der Waals surface area contributed by atoms with Gasteiger partial charge in [0.25, 0.3) is 0 Å². The molecule has 2 fully saturated rings. The van der Waals surface area contributed by atoms with Crippen LogP contribution >= 0.6 is 0 Å². The third kappa shape index (κ3) is 3.61. The lowest BCUT2D eigenvalue weighted by Gasteiger charge is -2.49. The molecule has 8 nitrogen and oxygen atoms in total. The van der Waals surface area contributed by atoms with E-state index in [0.717, 1.165) is 69.9 Å². The Kier molecular flexibility index (Phi) is 5.26. The third-order valence-corrected chi connectivity index (χ3v) is 6.69. The highest BCUT2D eigenvalue weighted by atomic mass is 16.3. The minimum Gasteiger partial charge on any atom is -0.507 e. The number of aromatic hydroxyl groups is 1. The summed E-state index contributed by atoms with van der Waals surface area (Å²) in [7, 11) is 0. The second-order valence-electron chi connectivity index (χ2n) is 8.40. The van der Waals surface area contributed by atoms with E-state index in [4.69, 9.17) is 0 Å². The molecular weight excluding hydrogens is 380 g/mol. The Balaban J connectivity index is 1.30. The summed E-state index contributed by atoms with van der Waals surface area (Å²) < 4.78 is 0. The summed E-state index contributed by atoms with van der Waals surface area (Å²) >= 11 is 0. The van der Waals surface area contributed by atoms with Gasteiger partial charge in [0.2, 0.25) is 0 Å². The molecule has 5 rings (SSSR count). The molecule has 0 radical (unpaired) electrons. The first-order valence-corrected chi connectivity index (χ1v) is 10.8. The molecule has 3 aliphatic heterocycles. The van der Waals surface area contributed by atoms with Gasteiger partial charge in [-0.1, -0.05) is 12.1 Å². The van der Waals surface area contributed by atoms with Gasteiger partial charge in [-0.25, -0.2) is 0 Å². The number of phenols is 1. The molecule has 3 aliphatic rings. The van der Waals surface area contributed by atoms with E-state index in [2.05, 4.69) is 30.2 Å². The van der Waals surface area contributed by atoms with Crippen molar-refractivity contribution in [3.05, 3.63) is 30.3 Å². The largest absolute Gasteiger partial charge is 0.507 e. The molecule has 2 saturated heterocycles. The summed E-state index contributed by atoms with van der Waals surface area (Å²) in [5.41, 5.74) is 2.47. The van der Waals surface area contributed by atoms with E-state index in [0.29, 0.717) is 29.9 Å². The highest BCUT2D eigenvalue weighted by Crippen LogP contribution is 2.36. The Morgan fingerprint density at radius 3 is 2.73 bits per heavy atom. The second kappa shape index (κ2) is 8.20. The van der Waals surface area contributed by atoms with Crippen LogP contribution in [0.2, 0.25) is 0 Å². The first kappa shape index (κ1) is 19.3. The number of rotatable bonds is 4. The number of nitrogens with zero attached hydrogens (tertiary/aromatic N) is 5. The van der Waals surface area contributed by atoms with Gasteiger partial charge >= 0.3 is 0 Å². The molecule has 1 aromatic heterocycles. The second-order valence-corrected chi connectivity index (χ2v) is 8.40. The molecule has 2 aromatic rings. The van der Waals surface area contributed by atoms with Crippen LogP contribution in [0.15, 0.2) is 30.3 Å². The number of anilines is 2. The fourth-order valence-corrected chi connectivity index (χ4v) is 5.04. The lowest BCUT2D eigenvalue weighted by atomic mass is 9.99. The number of phenolic OH excluding ortho intramolecular Hbond substituents is 1. The SMILES string of the molecule is O=CCN1CCC(N2CCN3c4cc(-c5ccccc5O)nnc4NCC3C2)CC1. The van der Waals surface area contributed by atoms with Gasteiger partial charge in [0.1, 0.15) is 12.0 Å². The van der Waals surface area contributed by atoms with Crippen LogP contribution in [-0.2, 0) is 4.79 Å². The van der Waals surface area contributed by atoms with Crippen LogP contribution in [0.25, 0.3) is 11.3 Å². The van der Waals surface area contributed by atoms with Crippen LogP contribution in [0.1, 0.15) is 12.8 Å². The predicted octanol–water partition coefficient (Wildman–Crippen LogP) is 1.43. The third-order valence-electron chi connectivity index (χ3n) is 6.69. The van der Waals surface area contributed by atoms with Gasteiger partial charge in [-0.15, -0.1) is 10.2 Å². The van der Waals surface area contributed by atoms with Gasteiger partial charge in [0.15, 0.2) is 5.82 Å². The minimum absolute atomic E-state index is 0.220. The van der Waals surface area contributed by atoms with Gasteiger partial charge < -0.3 is 20.1 Å². The highest BCUT2D eigenvalue weighted by Gasteiger charge is 2.36. The maximum absolute atomic E-state index is 10.8. The molecule has 0 aliphatic carbocycles. The lowest BCUT2D eigenvalue weighted by Crippen LogP contribution is -2.61. The first-order valence-electron chi connectivity index (χ1n) is 10.8. The number of piperazine rings is 1. The van der Waals surface area contributed by atoms with Crippen LogP contribution in [0.3, 0.4) is 0 Å². The van der Waals surface area contributed by atoms with E-state index >= 15 is 0 Å². The Bertz CT molecular complexity index is 914. The fraction of sp³-hybridized carbons (Fsp3) is 0.500. The van der Waals surface area contributed by atoms with Crippen molar-refractivity contribution in [2.75, 3.05) is 56.0 Å². The normalized spacial score (nSPS) is 22.8. The maximum atomic E-state index is 10.8. The summed E-state index contributed by atoms with van der Waals surface area (Å²) in [5.74, 6) is 1.04. The van der Waals surface area contributed by atoms with Crippen LogP contribution in [0.4, 0.5) is 11.5 Å². The summed E-state index contributed by atoms with van der Waals surface area (Å²) in [4.78, 5) is 18.1. The minimum atomic E-state index is 0.220. The molecule has 0 bridgehead atoms. The Labute approximate surface area is 176 Å². The standard InChI is InChI=1S/C22H28N6O2/c29-12-11-26-7-5-16(6-8-26)27-9-10-28-17(15-27)14-23-22-20(28)13-19(24-25-22)18-3-1-2-4-21(18)30/h1-4,12-13,16-17,30H,5-11,14-15H2,(H,23,25). The molecule has 1 unspecified atom stereocenters. The fourth-order valence-electron chi connectivity index (χ4n) is 5.04. The first-order chi connectivity index (χ1) is 14.7. The summed E-state index contributed by atoms with van der Waals surface area (Å²) in [6.07, 6.45) is 3.28. The van der Waals surface area contributed by atoms with Gasteiger partial charge in [-0.05, 0) is 31.0 Å². The van der Waals surface area contributed by atoms with E-state index in [1.54, 1.807) is 6.07 Å². The number of fused-ring (bicyclic) bond motifs is 3. The average Bonchev–Trinajstić information content (AvgIpc) is 2.79. The average molecular weight is 409 g/mol. The van der Waals surface area contributed by atoms with E-state index < -0.39 is 0 Å². The zero-order valence-corrected chi connectivity index (χ0v) is 17.1. The Hall–Kier alpha value is -2.71. The van der Waals surface area contributed by atoms with E-state index in [1.165, 1.54) is 0 Å². The molecule has 158 valence electrons. The Morgan fingerprint density at radius 1 is 1.10 bits per heavy atom. The number of aromatic nitrogens is 2. The number of likely N-dealkylation sites (tertiary alicyclic amines) is 1. The number of hydrogen-bond acceptors (Lipinski definition) is 8. The van der Waals surface area contributed by atoms with Crippen LogP contribution in [0.5, 0.6) is 5.75 Å². The molecular formula is C22H28N6O2. The predicted molar refractivity (Wildman–Crippen MR) is 116 cm³/mol. The zero-order chi connectivity index (χ0) is 20.5. The van der Waals surface area contributed by atoms with Crippen molar-refractivity contribution in [1.82, 2.24) is 20.0 Å². The number of piperidine rings is 1. The quantitative estimate of drug-likeness (QED) is 0.735. The number of nitrogens with one attached hydrogen (secondary N) is 1. The van der Waals surface area contributed by atoms with E-state index in [-0.39, 0.29) is 5.75 Å². The van der Waals surface area contributed by atoms with Crippen molar-refractivity contribution in [3.63, 3.8) is 0 Å². The summed E-state index contributed by atoms with van der Waals surface area (Å²) in [5, 5.41) is 22.4. The molecule has 30 heavy (non-hydrogen) atoms. The molecule has 1 atom stereocenters. The van der Waals surface area contributed by atoms with Gasteiger partial charge in [0.05, 0.1) is 24.0 Å². The smallest absolute Gasteiger partial charge is 0.172 e. The molecule has 2 N–H and O–H groups in total. The number of aldehydes is 1. The molecule has 0 saturated carbocycles. The van der Waals surface area contributed by atoms with Crippen molar-refractivity contribution in [2.24, 2.45) is 0 Å². The van der Waals surface area contributed by atoms with Crippen molar-refractivity contribution >= 4 is 17.8 Å². The van der Waals surface area contributed by atoms with Crippen molar-refractivity contribution in [3.8, 4) is 17.0 Å². The van der Waals surface area contributed by atoms with Crippen molar-refractivity contribution < 1.29 is 9.90 Å². The van der Waals surface area contributed by atoms with E-state index in [9.17, 15) is 9.90 Å². The zero-order valence-electron chi connectivity index (χ0n) is 17.1. The molecule has 0 amide bonds. The molecule has 1 aromatic carbocycles. The van der Waals surface area contributed by atoms with Gasteiger partial charge in [0, 0.05) is 50.9 Å². The van der Waals surface area contributed by atoms with Crippen LogP contribution in [-0.4, -0.2) is 89.3 Å². The number of benzene rings is 1. The highest BCUT2D eigenvalue weighted by molar-refractivity contribution is 5.76. The lowest BCUT2D eigenvalue weighted by molar-refractivity contribution is -0.109. The molecule has 4 heterocycles. The topological polar surface area (TPSA) is 84.8 Å². The van der Waals surface area contributed by atoms with E-state index in [1.807, 2.05) is 24.3 Å². The number of carbonyl (C=O) groups is 1. The van der Waals surface area contributed by atoms with Gasteiger partial charge in [-0.2, -0.15) is 0 Å². The monoisotopic (exact) mass is 408 g/mol. The molecule has 0 spiro atoms. The molecule has 8 heteroatoms. The van der Waals surface area contributed by atoms with Gasteiger partial charge in [-0.3, -0.25) is 9.80 Å². The summed E-state index contributed by atoms with van der Waals surface area (Å²) in [6, 6.07) is 10.3. The van der Waals surface area contributed by atoms with Crippen LogP contribution < -0.4 is 10.2 Å². The maximum Gasteiger partial charge on any atom is 0.172 e. The number of carbonyl (C=O) groups excluding carboxylic acids is 1. The Morgan fingerprint density at radius 2 is 1.93 bits per heavy atom.